The van der Waals surface area contributed by atoms with Gasteiger partial charge in [0.1, 0.15) is 0 Å². The number of rotatable bonds is 1. The molecule has 0 radical (unpaired) electrons. The van der Waals surface area contributed by atoms with Gasteiger partial charge in [-0.15, -0.1) is 0 Å². The SMILES string of the molecule is CC1CCCN1N1C(C)CCC1C. The van der Waals surface area contributed by atoms with E-state index >= 15 is 0 Å². The monoisotopic (exact) mass is 182 g/mol. The van der Waals surface area contributed by atoms with Crippen LogP contribution in [0.5, 0.6) is 0 Å². The molecule has 0 aliphatic carbocycles. The van der Waals surface area contributed by atoms with Crippen molar-refractivity contribution in [3.8, 4) is 0 Å². The number of hydrazine groups is 1. The van der Waals surface area contributed by atoms with Crippen molar-refractivity contribution in [2.75, 3.05) is 6.54 Å². The van der Waals surface area contributed by atoms with Gasteiger partial charge in [-0.2, -0.15) is 0 Å². The molecule has 13 heavy (non-hydrogen) atoms. The van der Waals surface area contributed by atoms with Gasteiger partial charge in [0.2, 0.25) is 0 Å². The van der Waals surface area contributed by atoms with Crippen molar-refractivity contribution >= 4 is 0 Å². The molecule has 0 aromatic heterocycles. The predicted octanol–water partition coefficient (Wildman–Crippen LogP) is 2.26. The lowest BCUT2D eigenvalue weighted by Gasteiger charge is -2.38. The van der Waals surface area contributed by atoms with Crippen LogP contribution in [0.15, 0.2) is 0 Å². The molecule has 0 spiro atoms. The first-order valence-electron chi connectivity index (χ1n) is 5.75. The number of hydrogen-bond acceptors (Lipinski definition) is 2. The maximum Gasteiger partial charge on any atom is 0.0221 e. The molecule has 2 heteroatoms. The van der Waals surface area contributed by atoms with Gasteiger partial charge >= 0.3 is 0 Å². The third kappa shape index (κ3) is 1.62. The fourth-order valence-corrected chi connectivity index (χ4v) is 2.95. The van der Waals surface area contributed by atoms with E-state index in [-0.39, 0.29) is 0 Å². The highest BCUT2D eigenvalue weighted by atomic mass is 15.7. The van der Waals surface area contributed by atoms with E-state index in [0.717, 1.165) is 18.1 Å². The Hall–Kier alpha value is -0.0800. The molecule has 2 aliphatic heterocycles. The first-order chi connectivity index (χ1) is 6.20. The van der Waals surface area contributed by atoms with Crippen LogP contribution in [-0.2, 0) is 0 Å². The summed E-state index contributed by atoms with van der Waals surface area (Å²) in [5, 5.41) is 5.25. The van der Waals surface area contributed by atoms with Gasteiger partial charge in [0.25, 0.3) is 0 Å². The van der Waals surface area contributed by atoms with Crippen molar-refractivity contribution in [2.45, 2.75) is 64.6 Å². The molecule has 2 heterocycles. The molecule has 2 saturated heterocycles. The Morgan fingerprint density at radius 1 is 0.846 bits per heavy atom. The second kappa shape index (κ2) is 3.58. The van der Waals surface area contributed by atoms with Crippen LogP contribution >= 0.6 is 0 Å². The van der Waals surface area contributed by atoms with Crippen molar-refractivity contribution in [3.63, 3.8) is 0 Å². The molecule has 2 rings (SSSR count). The van der Waals surface area contributed by atoms with E-state index in [1.807, 2.05) is 0 Å². The Balaban J connectivity index is 2.05. The summed E-state index contributed by atoms with van der Waals surface area (Å²) in [6.07, 6.45) is 5.53. The molecule has 0 aromatic carbocycles. The summed E-state index contributed by atoms with van der Waals surface area (Å²) in [4.78, 5) is 0. The van der Waals surface area contributed by atoms with Gasteiger partial charge in [-0.25, -0.2) is 10.0 Å². The average Bonchev–Trinajstić information content (AvgIpc) is 2.60. The van der Waals surface area contributed by atoms with Gasteiger partial charge in [0, 0.05) is 24.7 Å². The fourth-order valence-electron chi connectivity index (χ4n) is 2.95. The van der Waals surface area contributed by atoms with E-state index in [9.17, 15) is 0 Å². The van der Waals surface area contributed by atoms with Gasteiger partial charge in [-0.1, -0.05) is 0 Å². The van der Waals surface area contributed by atoms with E-state index in [0.29, 0.717) is 0 Å². The van der Waals surface area contributed by atoms with Crippen LogP contribution in [0.2, 0.25) is 0 Å². The summed E-state index contributed by atoms with van der Waals surface area (Å²) in [6, 6.07) is 2.33. The van der Waals surface area contributed by atoms with Gasteiger partial charge in [-0.05, 0) is 46.5 Å². The van der Waals surface area contributed by atoms with Gasteiger partial charge in [0.15, 0.2) is 0 Å². The molecule has 3 unspecified atom stereocenters. The Labute approximate surface area is 81.9 Å². The van der Waals surface area contributed by atoms with E-state index in [4.69, 9.17) is 0 Å². The molecule has 0 N–H and O–H groups in total. The summed E-state index contributed by atoms with van der Waals surface area (Å²) in [6.45, 7) is 8.39. The molecule has 0 aromatic rings. The van der Waals surface area contributed by atoms with Crippen LogP contribution in [0.3, 0.4) is 0 Å². The summed E-state index contributed by atoms with van der Waals surface area (Å²) in [5.41, 5.74) is 0. The van der Waals surface area contributed by atoms with Crippen molar-refractivity contribution in [1.82, 2.24) is 10.0 Å². The second-order valence-corrected chi connectivity index (χ2v) is 4.81. The van der Waals surface area contributed by atoms with E-state index in [1.165, 1.54) is 32.2 Å². The molecule has 0 saturated carbocycles. The Bertz CT molecular complexity index is 171. The van der Waals surface area contributed by atoms with Crippen LogP contribution < -0.4 is 0 Å². The minimum atomic E-state index is 0.774. The topological polar surface area (TPSA) is 6.48 Å². The molecular formula is C11H22N2. The highest BCUT2D eigenvalue weighted by molar-refractivity contribution is 4.85. The third-order valence-corrected chi connectivity index (χ3v) is 3.72. The molecule has 0 amide bonds. The molecule has 2 aliphatic rings. The smallest absolute Gasteiger partial charge is 0.0221 e. The van der Waals surface area contributed by atoms with Crippen molar-refractivity contribution in [3.05, 3.63) is 0 Å². The molecule has 0 bridgehead atoms. The van der Waals surface area contributed by atoms with Crippen LogP contribution in [0.25, 0.3) is 0 Å². The van der Waals surface area contributed by atoms with Gasteiger partial charge in [-0.3, -0.25) is 0 Å². The largest absolute Gasteiger partial charge is 0.238 e. The van der Waals surface area contributed by atoms with Crippen molar-refractivity contribution < 1.29 is 0 Å². The molecular weight excluding hydrogens is 160 g/mol. The first-order valence-corrected chi connectivity index (χ1v) is 5.75. The normalized spacial score (nSPS) is 43.2. The van der Waals surface area contributed by atoms with E-state index in [1.54, 1.807) is 0 Å². The zero-order valence-electron chi connectivity index (χ0n) is 9.16. The maximum atomic E-state index is 2.64. The lowest BCUT2D eigenvalue weighted by atomic mass is 10.2. The van der Waals surface area contributed by atoms with Gasteiger partial charge in [0.05, 0.1) is 0 Å². The fraction of sp³-hybridized carbons (Fsp3) is 1.00. The number of nitrogens with zero attached hydrogens (tertiary/aromatic N) is 2. The lowest BCUT2D eigenvalue weighted by molar-refractivity contribution is -0.0637. The Kier molecular flexibility index (Phi) is 2.61. The Morgan fingerprint density at radius 3 is 1.92 bits per heavy atom. The second-order valence-electron chi connectivity index (χ2n) is 4.81. The molecule has 3 atom stereocenters. The van der Waals surface area contributed by atoms with Crippen LogP contribution in [0.1, 0.15) is 46.5 Å². The average molecular weight is 182 g/mol. The lowest BCUT2D eigenvalue weighted by Crippen LogP contribution is -2.49. The third-order valence-electron chi connectivity index (χ3n) is 3.72. The Morgan fingerprint density at radius 2 is 1.46 bits per heavy atom. The van der Waals surface area contributed by atoms with Gasteiger partial charge < -0.3 is 0 Å². The highest BCUT2D eigenvalue weighted by Crippen LogP contribution is 2.30. The quantitative estimate of drug-likeness (QED) is 0.614. The van der Waals surface area contributed by atoms with Crippen LogP contribution in [0.4, 0.5) is 0 Å². The summed E-state index contributed by atoms with van der Waals surface area (Å²) in [5.74, 6) is 0. The van der Waals surface area contributed by atoms with E-state index in [2.05, 4.69) is 30.8 Å². The van der Waals surface area contributed by atoms with E-state index < -0.39 is 0 Å². The predicted molar refractivity (Wildman–Crippen MR) is 55.4 cm³/mol. The molecule has 76 valence electrons. The van der Waals surface area contributed by atoms with Crippen LogP contribution in [-0.4, -0.2) is 34.7 Å². The zero-order valence-corrected chi connectivity index (χ0v) is 9.16. The summed E-state index contributed by atoms with van der Waals surface area (Å²) in [7, 11) is 0. The number of hydrogen-bond donors (Lipinski definition) is 0. The first kappa shape index (κ1) is 9.47. The summed E-state index contributed by atoms with van der Waals surface area (Å²) >= 11 is 0. The maximum absolute atomic E-state index is 2.64. The molecule has 2 nitrogen and oxygen atoms in total. The minimum Gasteiger partial charge on any atom is -0.238 e. The van der Waals surface area contributed by atoms with Crippen molar-refractivity contribution in [1.29, 1.82) is 0 Å². The zero-order chi connectivity index (χ0) is 9.42. The van der Waals surface area contributed by atoms with Crippen LogP contribution in [0, 0.1) is 0 Å². The summed E-state index contributed by atoms with van der Waals surface area (Å²) < 4.78 is 0. The minimum absolute atomic E-state index is 0.774. The molecule has 2 fully saturated rings. The standard InChI is InChI=1S/C11H22N2/c1-9-5-4-8-12(9)13-10(2)6-7-11(13)3/h9-11H,4-8H2,1-3H3. The van der Waals surface area contributed by atoms with Crippen molar-refractivity contribution in [2.24, 2.45) is 0 Å². The highest BCUT2D eigenvalue weighted by Gasteiger charge is 2.35.